The average Bonchev–Trinajstić information content (AvgIpc) is 2.21. The fourth-order valence-corrected chi connectivity index (χ4v) is 1.26. The molecule has 6 heteroatoms. The number of hydrogen-bond donors (Lipinski definition) is 2. The lowest BCUT2D eigenvalue weighted by atomic mass is 10.3. The van der Waals surface area contributed by atoms with Crippen LogP contribution >= 0.6 is 11.6 Å². The second kappa shape index (κ2) is 5.63. The molecule has 0 aromatic heterocycles. The Balaban J connectivity index is 2.71. The maximum absolute atomic E-state index is 13.3. The molecular weight excluding hydrogens is 247 g/mol. The molecule has 0 bridgehead atoms. The third-order valence-corrected chi connectivity index (χ3v) is 2.04. The van der Waals surface area contributed by atoms with Gasteiger partial charge in [0.15, 0.2) is 0 Å². The van der Waals surface area contributed by atoms with Crippen LogP contribution < -0.4 is 10.6 Å². The number of nitrogens with one attached hydrogen (secondary N) is 2. The maximum Gasteiger partial charge on any atom is 0.313 e. The van der Waals surface area contributed by atoms with E-state index in [1.165, 1.54) is 12.1 Å². The summed E-state index contributed by atoms with van der Waals surface area (Å²) in [6, 6.07) is 3.60. The Morgan fingerprint density at radius 2 is 1.94 bits per heavy atom. The van der Waals surface area contributed by atoms with Crippen molar-refractivity contribution in [3.8, 4) is 0 Å². The Morgan fingerprint density at radius 1 is 1.29 bits per heavy atom. The van der Waals surface area contributed by atoms with Crippen LogP contribution in [0, 0.1) is 5.82 Å². The van der Waals surface area contributed by atoms with Gasteiger partial charge in [0.05, 0.1) is 5.69 Å². The molecule has 2 N–H and O–H groups in total. The molecule has 1 rings (SSSR count). The second-order valence-electron chi connectivity index (χ2n) is 3.71. The molecule has 0 fully saturated rings. The molecule has 0 heterocycles. The molecule has 0 atom stereocenters. The molecule has 0 aliphatic rings. The minimum absolute atomic E-state index is 0.0849. The van der Waals surface area contributed by atoms with Gasteiger partial charge in [-0.1, -0.05) is 11.6 Å². The van der Waals surface area contributed by atoms with E-state index in [-0.39, 0.29) is 16.8 Å². The van der Waals surface area contributed by atoms with E-state index in [2.05, 4.69) is 10.6 Å². The number of carbonyl (C=O) groups is 2. The van der Waals surface area contributed by atoms with Gasteiger partial charge in [0.25, 0.3) is 0 Å². The topological polar surface area (TPSA) is 58.2 Å². The van der Waals surface area contributed by atoms with Crippen LogP contribution in [0.3, 0.4) is 0 Å². The van der Waals surface area contributed by atoms with Crippen molar-refractivity contribution in [1.29, 1.82) is 0 Å². The molecule has 4 nitrogen and oxygen atoms in total. The van der Waals surface area contributed by atoms with Crippen molar-refractivity contribution in [2.45, 2.75) is 19.9 Å². The van der Waals surface area contributed by atoms with Crippen molar-refractivity contribution >= 4 is 29.1 Å². The lowest BCUT2D eigenvalue weighted by Gasteiger charge is -2.09. The third-order valence-electron chi connectivity index (χ3n) is 1.81. The fourth-order valence-electron chi connectivity index (χ4n) is 1.10. The van der Waals surface area contributed by atoms with Crippen LogP contribution in [-0.4, -0.2) is 17.9 Å². The molecule has 92 valence electrons. The van der Waals surface area contributed by atoms with E-state index in [4.69, 9.17) is 11.6 Å². The van der Waals surface area contributed by atoms with Gasteiger partial charge in [-0.3, -0.25) is 9.59 Å². The summed E-state index contributed by atoms with van der Waals surface area (Å²) in [7, 11) is 0. The van der Waals surface area contributed by atoms with Gasteiger partial charge in [0.1, 0.15) is 5.82 Å². The van der Waals surface area contributed by atoms with Gasteiger partial charge in [0, 0.05) is 11.1 Å². The van der Waals surface area contributed by atoms with E-state index in [9.17, 15) is 14.0 Å². The second-order valence-corrected chi connectivity index (χ2v) is 4.14. The van der Waals surface area contributed by atoms with Crippen LogP contribution in [-0.2, 0) is 9.59 Å². The standard InChI is InChI=1S/C11H12ClFN2O2/c1-6(2)14-10(16)11(17)15-9-4-3-7(12)5-8(9)13/h3-6H,1-2H3,(H,14,16)(H,15,17). The van der Waals surface area contributed by atoms with E-state index in [0.717, 1.165) is 6.07 Å². The van der Waals surface area contributed by atoms with Gasteiger partial charge >= 0.3 is 11.8 Å². The predicted octanol–water partition coefficient (Wildman–Crippen LogP) is 1.94. The van der Waals surface area contributed by atoms with Gasteiger partial charge in [-0.05, 0) is 32.0 Å². The molecule has 1 aromatic carbocycles. The van der Waals surface area contributed by atoms with Crippen LogP contribution in [0.5, 0.6) is 0 Å². The predicted molar refractivity (Wildman–Crippen MR) is 63.3 cm³/mol. The molecule has 0 spiro atoms. The van der Waals surface area contributed by atoms with E-state index in [1.807, 2.05) is 0 Å². The fraction of sp³-hybridized carbons (Fsp3) is 0.273. The minimum atomic E-state index is -0.917. The summed E-state index contributed by atoms with van der Waals surface area (Å²) < 4.78 is 13.3. The summed E-state index contributed by atoms with van der Waals surface area (Å²) >= 11 is 5.55. The summed E-state index contributed by atoms with van der Waals surface area (Å²) in [5, 5.41) is 4.77. The number of hydrogen-bond acceptors (Lipinski definition) is 2. The lowest BCUT2D eigenvalue weighted by Crippen LogP contribution is -2.39. The highest BCUT2D eigenvalue weighted by Gasteiger charge is 2.16. The van der Waals surface area contributed by atoms with Crippen molar-refractivity contribution in [2.75, 3.05) is 5.32 Å². The van der Waals surface area contributed by atoms with Crippen LogP contribution in [0.2, 0.25) is 5.02 Å². The van der Waals surface area contributed by atoms with Crippen molar-refractivity contribution in [1.82, 2.24) is 5.32 Å². The summed E-state index contributed by atoms with van der Waals surface area (Å²) in [4.78, 5) is 22.6. The van der Waals surface area contributed by atoms with E-state index in [1.54, 1.807) is 13.8 Å². The van der Waals surface area contributed by atoms with Gasteiger partial charge in [0.2, 0.25) is 0 Å². The molecule has 1 aromatic rings. The molecule has 0 saturated carbocycles. The van der Waals surface area contributed by atoms with Crippen LogP contribution in [0.1, 0.15) is 13.8 Å². The van der Waals surface area contributed by atoms with Gasteiger partial charge in [-0.2, -0.15) is 0 Å². The number of carbonyl (C=O) groups excluding carboxylic acids is 2. The highest BCUT2D eigenvalue weighted by molar-refractivity contribution is 6.39. The van der Waals surface area contributed by atoms with Crippen LogP contribution in [0.4, 0.5) is 10.1 Å². The Bertz CT molecular complexity index is 449. The number of rotatable bonds is 2. The summed E-state index contributed by atoms with van der Waals surface area (Å²) in [6.07, 6.45) is 0. The summed E-state index contributed by atoms with van der Waals surface area (Å²) in [5.41, 5.74) is -0.0849. The minimum Gasteiger partial charge on any atom is -0.346 e. The zero-order chi connectivity index (χ0) is 13.0. The Labute approximate surface area is 103 Å². The number of benzene rings is 1. The number of amides is 2. The molecule has 0 aliphatic carbocycles. The molecule has 0 saturated heterocycles. The Morgan fingerprint density at radius 3 is 2.47 bits per heavy atom. The molecule has 0 unspecified atom stereocenters. The quantitative estimate of drug-likeness (QED) is 0.797. The first-order valence-electron chi connectivity index (χ1n) is 4.97. The zero-order valence-electron chi connectivity index (χ0n) is 9.38. The highest BCUT2D eigenvalue weighted by atomic mass is 35.5. The SMILES string of the molecule is CC(C)NC(=O)C(=O)Nc1ccc(Cl)cc1F. The van der Waals surface area contributed by atoms with Crippen molar-refractivity contribution < 1.29 is 14.0 Å². The van der Waals surface area contributed by atoms with Crippen LogP contribution in [0.25, 0.3) is 0 Å². The first-order chi connectivity index (χ1) is 7.90. The van der Waals surface area contributed by atoms with Crippen molar-refractivity contribution in [2.24, 2.45) is 0 Å². The van der Waals surface area contributed by atoms with E-state index in [0.29, 0.717) is 0 Å². The molecular formula is C11H12ClFN2O2. The average molecular weight is 259 g/mol. The van der Waals surface area contributed by atoms with E-state index >= 15 is 0 Å². The molecule has 0 aliphatic heterocycles. The zero-order valence-corrected chi connectivity index (χ0v) is 10.1. The van der Waals surface area contributed by atoms with Crippen molar-refractivity contribution in [3.63, 3.8) is 0 Å². The molecule has 0 radical (unpaired) electrons. The molecule has 2 amide bonds. The largest absolute Gasteiger partial charge is 0.346 e. The van der Waals surface area contributed by atoms with E-state index < -0.39 is 17.6 Å². The summed E-state index contributed by atoms with van der Waals surface area (Å²) in [5.74, 6) is -2.42. The number of anilines is 1. The molecule has 17 heavy (non-hydrogen) atoms. The Hall–Kier alpha value is -1.62. The van der Waals surface area contributed by atoms with Gasteiger partial charge in [-0.25, -0.2) is 4.39 Å². The van der Waals surface area contributed by atoms with Gasteiger partial charge < -0.3 is 10.6 Å². The maximum atomic E-state index is 13.3. The third kappa shape index (κ3) is 4.03. The van der Waals surface area contributed by atoms with Crippen molar-refractivity contribution in [3.05, 3.63) is 29.0 Å². The Kier molecular flexibility index (Phi) is 4.45. The smallest absolute Gasteiger partial charge is 0.313 e. The lowest BCUT2D eigenvalue weighted by molar-refractivity contribution is -0.136. The first kappa shape index (κ1) is 13.4. The van der Waals surface area contributed by atoms with Crippen LogP contribution in [0.15, 0.2) is 18.2 Å². The summed E-state index contributed by atoms with van der Waals surface area (Å²) in [6.45, 7) is 3.43. The highest BCUT2D eigenvalue weighted by Crippen LogP contribution is 2.18. The normalized spacial score (nSPS) is 10.2. The number of halogens is 2. The van der Waals surface area contributed by atoms with Gasteiger partial charge in [-0.15, -0.1) is 0 Å². The first-order valence-corrected chi connectivity index (χ1v) is 5.35. The monoisotopic (exact) mass is 258 g/mol.